The predicted molar refractivity (Wildman–Crippen MR) is 97.9 cm³/mol. The van der Waals surface area contributed by atoms with E-state index in [4.69, 9.17) is 4.18 Å². The first kappa shape index (κ1) is 17.7. The first-order valence-corrected chi connectivity index (χ1v) is 9.20. The van der Waals surface area contributed by atoms with Crippen molar-refractivity contribution in [2.75, 3.05) is 0 Å². The van der Waals surface area contributed by atoms with Gasteiger partial charge in [-0.3, -0.25) is 4.79 Å². The SMILES string of the molecule is Cc1ccc(O)cc1S(=O)(=O)Oc1ccc(-c2ccc(C=O)cc2)cc1. The zero-order valence-corrected chi connectivity index (χ0v) is 14.7. The van der Waals surface area contributed by atoms with Gasteiger partial charge in [-0.15, -0.1) is 0 Å². The smallest absolute Gasteiger partial charge is 0.339 e. The fourth-order valence-electron chi connectivity index (χ4n) is 2.49. The Morgan fingerprint density at radius 1 is 0.885 bits per heavy atom. The quantitative estimate of drug-likeness (QED) is 0.545. The lowest BCUT2D eigenvalue weighted by molar-refractivity contribution is 0.112. The van der Waals surface area contributed by atoms with Gasteiger partial charge in [-0.2, -0.15) is 8.42 Å². The second kappa shape index (κ2) is 7.01. The van der Waals surface area contributed by atoms with Gasteiger partial charge < -0.3 is 9.29 Å². The van der Waals surface area contributed by atoms with Gasteiger partial charge in [-0.1, -0.05) is 42.5 Å². The van der Waals surface area contributed by atoms with Gasteiger partial charge in [-0.25, -0.2) is 0 Å². The minimum absolute atomic E-state index is 0.0778. The summed E-state index contributed by atoms with van der Waals surface area (Å²) in [6, 6.07) is 17.7. The Balaban J connectivity index is 1.84. The monoisotopic (exact) mass is 368 g/mol. The molecule has 0 saturated heterocycles. The largest absolute Gasteiger partial charge is 0.508 e. The molecule has 3 rings (SSSR count). The van der Waals surface area contributed by atoms with E-state index in [0.29, 0.717) is 11.1 Å². The lowest BCUT2D eigenvalue weighted by Gasteiger charge is -2.10. The number of phenols is 1. The molecule has 0 amide bonds. The van der Waals surface area contributed by atoms with Crippen LogP contribution in [0, 0.1) is 6.92 Å². The Labute approximate surface area is 151 Å². The van der Waals surface area contributed by atoms with Gasteiger partial charge in [0.25, 0.3) is 0 Å². The number of aromatic hydroxyl groups is 1. The molecular weight excluding hydrogens is 352 g/mol. The van der Waals surface area contributed by atoms with E-state index >= 15 is 0 Å². The van der Waals surface area contributed by atoms with Crippen molar-refractivity contribution in [3.05, 3.63) is 77.9 Å². The van der Waals surface area contributed by atoms with Crippen molar-refractivity contribution in [2.45, 2.75) is 11.8 Å². The number of carbonyl (C=O) groups is 1. The van der Waals surface area contributed by atoms with E-state index in [1.165, 1.54) is 12.1 Å². The van der Waals surface area contributed by atoms with Crippen molar-refractivity contribution in [1.82, 2.24) is 0 Å². The zero-order chi connectivity index (χ0) is 18.7. The number of benzene rings is 3. The minimum Gasteiger partial charge on any atom is -0.508 e. The molecule has 0 saturated carbocycles. The topological polar surface area (TPSA) is 80.7 Å². The Morgan fingerprint density at radius 3 is 2.04 bits per heavy atom. The van der Waals surface area contributed by atoms with E-state index in [2.05, 4.69) is 0 Å². The summed E-state index contributed by atoms with van der Waals surface area (Å²) in [5.74, 6) is 0.0212. The van der Waals surface area contributed by atoms with Gasteiger partial charge in [0.15, 0.2) is 0 Å². The summed E-state index contributed by atoms with van der Waals surface area (Å²) in [5, 5.41) is 9.52. The molecule has 0 aromatic heterocycles. The highest BCUT2D eigenvalue weighted by atomic mass is 32.2. The molecule has 0 heterocycles. The van der Waals surface area contributed by atoms with E-state index in [1.807, 2.05) is 12.1 Å². The van der Waals surface area contributed by atoms with Crippen molar-refractivity contribution in [2.24, 2.45) is 0 Å². The number of rotatable bonds is 5. The van der Waals surface area contributed by atoms with Crippen LogP contribution in [0.4, 0.5) is 0 Å². The van der Waals surface area contributed by atoms with E-state index < -0.39 is 10.1 Å². The molecule has 0 unspecified atom stereocenters. The van der Waals surface area contributed by atoms with Crippen molar-refractivity contribution < 1.29 is 22.5 Å². The molecule has 0 aliphatic heterocycles. The third kappa shape index (κ3) is 3.75. The Bertz CT molecular complexity index is 1040. The maximum Gasteiger partial charge on any atom is 0.339 e. The number of hydrogen-bond donors (Lipinski definition) is 1. The molecule has 0 bridgehead atoms. The van der Waals surface area contributed by atoms with Crippen LogP contribution in [0.25, 0.3) is 11.1 Å². The molecule has 5 nitrogen and oxygen atoms in total. The fourth-order valence-corrected chi connectivity index (χ4v) is 3.67. The van der Waals surface area contributed by atoms with Gasteiger partial charge in [0.05, 0.1) is 0 Å². The van der Waals surface area contributed by atoms with Crippen molar-refractivity contribution >= 4 is 16.4 Å². The summed E-state index contributed by atoms with van der Waals surface area (Å²) < 4.78 is 30.0. The van der Waals surface area contributed by atoms with Gasteiger partial charge >= 0.3 is 10.1 Å². The summed E-state index contributed by atoms with van der Waals surface area (Å²) in [7, 11) is -4.05. The van der Waals surface area contributed by atoms with Gasteiger partial charge in [0, 0.05) is 11.6 Å². The fraction of sp³-hybridized carbons (Fsp3) is 0.0500. The van der Waals surface area contributed by atoms with E-state index in [0.717, 1.165) is 23.5 Å². The maximum absolute atomic E-state index is 12.4. The second-order valence-electron chi connectivity index (χ2n) is 5.75. The molecule has 6 heteroatoms. The molecule has 0 aliphatic carbocycles. The second-order valence-corrected chi connectivity index (χ2v) is 7.27. The van der Waals surface area contributed by atoms with Crippen LogP contribution < -0.4 is 4.18 Å². The third-order valence-corrected chi connectivity index (χ3v) is 5.27. The lowest BCUT2D eigenvalue weighted by Crippen LogP contribution is -2.11. The summed E-state index contributed by atoms with van der Waals surface area (Å²) in [5.41, 5.74) is 2.82. The standard InChI is InChI=1S/C20H16O5S/c1-14-2-9-18(22)12-20(14)26(23,24)25-19-10-7-17(8-11-19)16-5-3-15(13-21)4-6-16/h2-13,22H,1H3. The Morgan fingerprint density at radius 2 is 1.46 bits per heavy atom. The molecule has 26 heavy (non-hydrogen) atoms. The molecule has 1 N–H and O–H groups in total. The highest BCUT2D eigenvalue weighted by Gasteiger charge is 2.20. The molecule has 0 atom stereocenters. The Kier molecular flexibility index (Phi) is 4.77. The lowest BCUT2D eigenvalue weighted by atomic mass is 10.0. The van der Waals surface area contributed by atoms with E-state index in [1.54, 1.807) is 43.3 Å². The van der Waals surface area contributed by atoms with Crippen LogP contribution in [0.1, 0.15) is 15.9 Å². The van der Waals surface area contributed by atoms with Crippen LogP contribution in [0.5, 0.6) is 11.5 Å². The predicted octanol–water partition coefficient (Wildman–Crippen LogP) is 3.95. The molecule has 3 aromatic carbocycles. The van der Waals surface area contributed by atoms with Crippen molar-refractivity contribution in [1.29, 1.82) is 0 Å². The van der Waals surface area contributed by atoms with Crippen LogP contribution >= 0.6 is 0 Å². The van der Waals surface area contributed by atoms with Gasteiger partial charge in [0.2, 0.25) is 0 Å². The minimum atomic E-state index is -4.05. The van der Waals surface area contributed by atoms with E-state index in [-0.39, 0.29) is 16.4 Å². The van der Waals surface area contributed by atoms with Gasteiger partial charge in [0.1, 0.15) is 22.7 Å². The molecule has 0 spiro atoms. The zero-order valence-electron chi connectivity index (χ0n) is 13.9. The number of phenolic OH excluding ortho intramolecular Hbond substituents is 1. The average molecular weight is 368 g/mol. The van der Waals surface area contributed by atoms with E-state index in [9.17, 15) is 18.3 Å². The van der Waals surface area contributed by atoms with Crippen LogP contribution in [0.2, 0.25) is 0 Å². The molecule has 0 radical (unpaired) electrons. The molecule has 3 aromatic rings. The number of aryl methyl sites for hydroxylation is 1. The summed E-state index contributed by atoms with van der Waals surface area (Å²) in [6.45, 7) is 1.63. The third-order valence-electron chi connectivity index (χ3n) is 3.88. The van der Waals surface area contributed by atoms with Crippen LogP contribution in [0.3, 0.4) is 0 Å². The summed E-state index contributed by atoms with van der Waals surface area (Å²) in [6.07, 6.45) is 0.773. The van der Waals surface area contributed by atoms with Gasteiger partial charge in [-0.05, 0) is 41.8 Å². The summed E-state index contributed by atoms with van der Waals surface area (Å²) in [4.78, 5) is 10.6. The molecular formula is C20H16O5S. The highest BCUT2D eigenvalue weighted by molar-refractivity contribution is 7.87. The molecule has 0 aliphatic rings. The normalized spacial score (nSPS) is 11.1. The molecule has 132 valence electrons. The highest BCUT2D eigenvalue weighted by Crippen LogP contribution is 2.27. The number of aldehydes is 1. The maximum atomic E-state index is 12.4. The number of hydrogen-bond acceptors (Lipinski definition) is 5. The first-order chi connectivity index (χ1) is 12.4. The van der Waals surface area contributed by atoms with Crippen molar-refractivity contribution in [3.63, 3.8) is 0 Å². The Hall–Kier alpha value is -3.12. The summed E-state index contributed by atoms with van der Waals surface area (Å²) >= 11 is 0. The van der Waals surface area contributed by atoms with Crippen molar-refractivity contribution in [3.8, 4) is 22.6 Å². The molecule has 0 fully saturated rings. The van der Waals surface area contributed by atoms with Crippen LogP contribution in [-0.4, -0.2) is 19.8 Å². The average Bonchev–Trinajstić information content (AvgIpc) is 2.64. The van der Waals surface area contributed by atoms with Crippen LogP contribution in [-0.2, 0) is 10.1 Å². The van der Waals surface area contributed by atoms with Crippen LogP contribution in [0.15, 0.2) is 71.6 Å². The first-order valence-electron chi connectivity index (χ1n) is 7.79. The number of carbonyl (C=O) groups excluding carboxylic acids is 1.